The molecular formula is C13H27N3O2. The van der Waals surface area contributed by atoms with Crippen LogP contribution in [-0.2, 0) is 9.53 Å². The molecule has 5 nitrogen and oxygen atoms in total. The third-order valence-corrected chi connectivity index (χ3v) is 4.23. The summed E-state index contributed by atoms with van der Waals surface area (Å²) in [6.07, 6.45) is 3.25. The topological polar surface area (TPSA) is 67.6 Å². The fourth-order valence-electron chi connectivity index (χ4n) is 2.60. The quantitative estimate of drug-likeness (QED) is 0.720. The molecule has 18 heavy (non-hydrogen) atoms. The van der Waals surface area contributed by atoms with Gasteiger partial charge < -0.3 is 20.7 Å². The molecule has 5 heteroatoms. The van der Waals surface area contributed by atoms with E-state index in [1.54, 1.807) is 14.2 Å². The van der Waals surface area contributed by atoms with Crippen LogP contribution < -0.4 is 11.1 Å². The first-order chi connectivity index (χ1) is 8.42. The van der Waals surface area contributed by atoms with Gasteiger partial charge in [-0.05, 0) is 40.2 Å². The molecule has 1 aliphatic rings. The van der Waals surface area contributed by atoms with Crippen molar-refractivity contribution in [2.24, 2.45) is 5.73 Å². The van der Waals surface area contributed by atoms with Gasteiger partial charge in [-0.3, -0.25) is 4.79 Å². The summed E-state index contributed by atoms with van der Waals surface area (Å²) < 4.78 is 5.37. The van der Waals surface area contributed by atoms with Gasteiger partial charge in [0.25, 0.3) is 0 Å². The second-order valence-electron chi connectivity index (χ2n) is 5.47. The number of hydrogen-bond donors (Lipinski definition) is 2. The van der Waals surface area contributed by atoms with E-state index in [4.69, 9.17) is 10.5 Å². The fraction of sp³-hybridized carbons (Fsp3) is 0.923. The zero-order chi connectivity index (χ0) is 13.8. The summed E-state index contributed by atoms with van der Waals surface area (Å²) in [6.45, 7) is 6.08. The number of nitrogens with zero attached hydrogens (tertiary/aromatic N) is 1. The van der Waals surface area contributed by atoms with Gasteiger partial charge in [0.15, 0.2) is 0 Å². The van der Waals surface area contributed by atoms with Crippen molar-refractivity contribution in [3.05, 3.63) is 0 Å². The summed E-state index contributed by atoms with van der Waals surface area (Å²) in [5, 5.41) is 3.04. The Balaban J connectivity index is 2.50. The SMILES string of the molecule is CNC(C)(CC(C)N1CCC(OC)CC1)C(N)=O. The Hall–Kier alpha value is -0.650. The summed E-state index contributed by atoms with van der Waals surface area (Å²) in [5.74, 6) is -0.288. The number of nitrogens with two attached hydrogens (primary N) is 1. The molecular weight excluding hydrogens is 230 g/mol. The van der Waals surface area contributed by atoms with Crippen LogP contribution in [0.15, 0.2) is 0 Å². The Labute approximate surface area is 110 Å². The Kier molecular flexibility index (Phi) is 5.56. The van der Waals surface area contributed by atoms with Gasteiger partial charge in [-0.1, -0.05) is 0 Å². The van der Waals surface area contributed by atoms with E-state index in [0.29, 0.717) is 12.1 Å². The molecule has 1 aliphatic heterocycles. The Morgan fingerprint density at radius 3 is 2.50 bits per heavy atom. The number of amides is 1. The van der Waals surface area contributed by atoms with Crippen LogP contribution in [-0.4, -0.2) is 55.7 Å². The van der Waals surface area contributed by atoms with E-state index < -0.39 is 5.54 Å². The highest BCUT2D eigenvalue weighted by Crippen LogP contribution is 2.20. The van der Waals surface area contributed by atoms with Crippen LogP contribution in [0.4, 0.5) is 0 Å². The molecule has 0 bridgehead atoms. The molecule has 0 aromatic heterocycles. The van der Waals surface area contributed by atoms with Crippen molar-refractivity contribution in [2.75, 3.05) is 27.2 Å². The second kappa shape index (κ2) is 6.50. The first-order valence-corrected chi connectivity index (χ1v) is 6.68. The van der Waals surface area contributed by atoms with Gasteiger partial charge in [-0.2, -0.15) is 0 Å². The predicted molar refractivity (Wildman–Crippen MR) is 72.3 cm³/mol. The Morgan fingerprint density at radius 2 is 2.11 bits per heavy atom. The molecule has 0 aromatic rings. The van der Waals surface area contributed by atoms with Gasteiger partial charge in [0.05, 0.1) is 11.6 Å². The van der Waals surface area contributed by atoms with Crippen LogP contribution in [0.2, 0.25) is 0 Å². The standard InChI is InChI=1S/C13H27N3O2/c1-10(9-13(2,15-3)12(14)17)16-7-5-11(18-4)6-8-16/h10-11,15H,5-9H2,1-4H3,(H2,14,17). The number of methoxy groups -OCH3 is 1. The monoisotopic (exact) mass is 257 g/mol. The van der Waals surface area contributed by atoms with E-state index in [-0.39, 0.29) is 5.91 Å². The third-order valence-electron chi connectivity index (χ3n) is 4.23. The van der Waals surface area contributed by atoms with Crippen molar-refractivity contribution >= 4 is 5.91 Å². The summed E-state index contributed by atoms with van der Waals surface area (Å²) in [7, 11) is 3.56. The molecule has 1 fully saturated rings. The number of rotatable bonds is 6. The highest BCUT2D eigenvalue weighted by molar-refractivity contribution is 5.84. The first-order valence-electron chi connectivity index (χ1n) is 6.68. The number of carbonyl (C=O) groups excluding carboxylic acids is 1. The zero-order valence-electron chi connectivity index (χ0n) is 12.0. The van der Waals surface area contributed by atoms with Crippen molar-refractivity contribution in [2.45, 2.75) is 50.8 Å². The molecule has 1 heterocycles. The van der Waals surface area contributed by atoms with Crippen LogP contribution in [0.25, 0.3) is 0 Å². The molecule has 1 saturated heterocycles. The largest absolute Gasteiger partial charge is 0.381 e. The maximum Gasteiger partial charge on any atom is 0.237 e. The van der Waals surface area contributed by atoms with Crippen LogP contribution in [0.5, 0.6) is 0 Å². The van der Waals surface area contributed by atoms with E-state index in [9.17, 15) is 4.79 Å². The lowest BCUT2D eigenvalue weighted by Gasteiger charge is -2.38. The third kappa shape index (κ3) is 3.67. The molecule has 0 spiro atoms. The summed E-state index contributed by atoms with van der Waals surface area (Å²) >= 11 is 0. The van der Waals surface area contributed by atoms with Gasteiger partial charge >= 0.3 is 0 Å². The van der Waals surface area contributed by atoms with Gasteiger partial charge in [0.1, 0.15) is 0 Å². The van der Waals surface area contributed by atoms with Gasteiger partial charge in [0.2, 0.25) is 5.91 Å². The van der Waals surface area contributed by atoms with E-state index in [0.717, 1.165) is 32.4 Å². The van der Waals surface area contributed by atoms with Crippen molar-refractivity contribution in [1.29, 1.82) is 0 Å². The smallest absolute Gasteiger partial charge is 0.237 e. The minimum absolute atomic E-state index is 0.288. The minimum Gasteiger partial charge on any atom is -0.381 e. The van der Waals surface area contributed by atoms with Crippen LogP contribution >= 0.6 is 0 Å². The van der Waals surface area contributed by atoms with Crippen molar-refractivity contribution in [1.82, 2.24) is 10.2 Å². The van der Waals surface area contributed by atoms with E-state index in [1.807, 2.05) is 6.92 Å². The molecule has 0 radical (unpaired) electrons. The zero-order valence-corrected chi connectivity index (χ0v) is 12.0. The highest BCUT2D eigenvalue weighted by Gasteiger charge is 2.33. The lowest BCUT2D eigenvalue weighted by molar-refractivity contribution is -0.124. The van der Waals surface area contributed by atoms with E-state index >= 15 is 0 Å². The van der Waals surface area contributed by atoms with Gasteiger partial charge in [-0.15, -0.1) is 0 Å². The lowest BCUT2D eigenvalue weighted by Crippen LogP contribution is -2.55. The number of ether oxygens (including phenoxy) is 1. The Morgan fingerprint density at radius 1 is 1.56 bits per heavy atom. The normalized spacial score (nSPS) is 23.6. The van der Waals surface area contributed by atoms with Crippen LogP contribution in [0, 0.1) is 0 Å². The molecule has 2 atom stereocenters. The average molecular weight is 257 g/mol. The van der Waals surface area contributed by atoms with Crippen molar-refractivity contribution in [3.8, 4) is 0 Å². The van der Waals surface area contributed by atoms with E-state index in [1.165, 1.54) is 0 Å². The molecule has 2 unspecified atom stereocenters. The number of nitrogens with one attached hydrogen (secondary N) is 1. The maximum atomic E-state index is 11.5. The lowest BCUT2D eigenvalue weighted by atomic mass is 9.91. The second-order valence-corrected chi connectivity index (χ2v) is 5.47. The number of likely N-dealkylation sites (tertiary alicyclic amines) is 1. The van der Waals surface area contributed by atoms with Crippen LogP contribution in [0.3, 0.4) is 0 Å². The molecule has 0 aliphatic carbocycles. The number of hydrogen-bond acceptors (Lipinski definition) is 4. The molecule has 106 valence electrons. The minimum atomic E-state index is -0.627. The highest BCUT2D eigenvalue weighted by atomic mass is 16.5. The van der Waals surface area contributed by atoms with E-state index in [2.05, 4.69) is 17.1 Å². The average Bonchev–Trinajstić information content (AvgIpc) is 2.38. The van der Waals surface area contributed by atoms with Crippen molar-refractivity contribution in [3.63, 3.8) is 0 Å². The number of likely N-dealkylation sites (N-methyl/N-ethyl adjacent to an activating group) is 1. The molecule has 0 aromatic carbocycles. The summed E-state index contributed by atoms with van der Waals surface area (Å²) in [6, 6.07) is 0.341. The molecule has 1 amide bonds. The van der Waals surface area contributed by atoms with Gasteiger partial charge in [-0.25, -0.2) is 0 Å². The Bertz CT molecular complexity index is 277. The summed E-state index contributed by atoms with van der Waals surface area (Å²) in [5.41, 5.74) is 4.84. The number of primary amides is 1. The maximum absolute atomic E-state index is 11.5. The molecule has 3 N–H and O–H groups in total. The number of piperidine rings is 1. The summed E-state index contributed by atoms with van der Waals surface area (Å²) in [4.78, 5) is 13.9. The van der Waals surface area contributed by atoms with Crippen molar-refractivity contribution < 1.29 is 9.53 Å². The van der Waals surface area contributed by atoms with Crippen LogP contribution in [0.1, 0.15) is 33.1 Å². The number of carbonyl (C=O) groups is 1. The van der Waals surface area contributed by atoms with Gasteiger partial charge in [0, 0.05) is 26.2 Å². The predicted octanol–water partition coefficient (Wildman–Crippen LogP) is 0.339. The fourth-order valence-corrected chi connectivity index (χ4v) is 2.60. The molecule has 0 saturated carbocycles. The molecule has 1 rings (SSSR count). The first kappa shape index (κ1) is 15.4.